The van der Waals surface area contributed by atoms with Gasteiger partial charge in [-0.05, 0) is 31.3 Å². The normalized spacial score (nSPS) is 15.2. The topological polar surface area (TPSA) is 12.4 Å². The van der Waals surface area contributed by atoms with Crippen molar-refractivity contribution in [3.05, 3.63) is 11.8 Å². The molecule has 0 heterocycles. The smallest absolute Gasteiger partial charge is 0.0261 e. The maximum atomic E-state index is 4.36. The number of nitrogens with zero attached hydrogens (tertiary/aromatic N) is 1. The molecule has 1 nitrogen and oxygen atoms in total. The van der Waals surface area contributed by atoms with Crippen LogP contribution in [0.25, 0.3) is 0 Å². The Balaban J connectivity index is 4.39. The zero-order valence-corrected chi connectivity index (χ0v) is 9.23. The van der Waals surface area contributed by atoms with E-state index in [1.165, 1.54) is 11.3 Å². The van der Waals surface area contributed by atoms with Gasteiger partial charge in [0.1, 0.15) is 0 Å². The van der Waals surface area contributed by atoms with Crippen molar-refractivity contribution in [2.45, 2.75) is 48.0 Å². The van der Waals surface area contributed by atoms with E-state index in [2.05, 4.69) is 46.5 Å². The fourth-order valence-corrected chi connectivity index (χ4v) is 0.492. The van der Waals surface area contributed by atoms with Gasteiger partial charge < -0.3 is 0 Å². The lowest BCUT2D eigenvalue weighted by molar-refractivity contribution is 0.502. The Morgan fingerprint density at radius 1 is 1.25 bits per heavy atom. The van der Waals surface area contributed by atoms with Crippen molar-refractivity contribution in [3.8, 4) is 0 Å². The summed E-state index contributed by atoms with van der Waals surface area (Å²) >= 11 is 0. The van der Waals surface area contributed by atoms with Gasteiger partial charge in [0.25, 0.3) is 0 Å². The van der Waals surface area contributed by atoms with Crippen LogP contribution in [0.15, 0.2) is 16.8 Å². The molecule has 0 unspecified atom stereocenters. The van der Waals surface area contributed by atoms with Gasteiger partial charge in [-0.1, -0.05) is 27.7 Å². The second kappa shape index (κ2) is 4.44. The molecular formula is C11H21N. The van der Waals surface area contributed by atoms with Crippen molar-refractivity contribution in [1.29, 1.82) is 0 Å². The highest BCUT2D eigenvalue weighted by molar-refractivity contribution is 5.82. The fraction of sp³-hybridized carbons (Fsp3) is 0.727. The number of hydrogen-bond donors (Lipinski definition) is 0. The molecule has 0 rings (SSSR count). The first-order chi connectivity index (χ1) is 5.38. The molecule has 0 atom stereocenters. The quantitative estimate of drug-likeness (QED) is 0.555. The molecule has 0 bridgehead atoms. The third-order valence-electron chi connectivity index (χ3n) is 2.17. The third-order valence-corrected chi connectivity index (χ3v) is 2.17. The van der Waals surface area contributed by atoms with Crippen LogP contribution >= 0.6 is 0 Å². The van der Waals surface area contributed by atoms with E-state index in [9.17, 15) is 0 Å². The third kappa shape index (κ3) is 4.32. The maximum absolute atomic E-state index is 4.36. The molecule has 1 heteroatoms. The average molecular weight is 167 g/mol. The van der Waals surface area contributed by atoms with E-state index < -0.39 is 0 Å². The summed E-state index contributed by atoms with van der Waals surface area (Å²) in [5, 5.41) is 0. The van der Waals surface area contributed by atoms with Gasteiger partial charge in [-0.3, -0.25) is 4.99 Å². The van der Waals surface area contributed by atoms with E-state index in [0.29, 0.717) is 0 Å². The lowest BCUT2D eigenvalue weighted by atomic mass is 9.88. The van der Waals surface area contributed by atoms with Gasteiger partial charge in [0.15, 0.2) is 0 Å². The molecule has 12 heavy (non-hydrogen) atoms. The minimum absolute atomic E-state index is 0.248. The summed E-state index contributed by atoms with van der Waals surface area (Å²) in [5.41, 5.74) is 2.77. The van der Waals surface area contributed by atoms with Gasteiger partial charge in [0, 0.05) is 11.9 Å². The monoisotopic (exact) mass is 167 g/mol. The first-order valence-electron chi connectivity index (χ1n) is 4.58. The van der Waals surface area contributed by atoms with Gasteiger partial charge in [-0.15, -0.1) is 0 Å². The van der Waals surface area contributed by atoms with Crippen molar-refractivity contribution in [3.63, 3.8) is 0 Å². The summed E-state index contributed by atoms with van der Waals surface area (Å²) in [5.74, 6) is 0. The molecule has 0 fully saturated rings. The summed E-state index contributed by atoms with van der Waals surface area (Å²) in [6.45, 7) is 12.9. The Labute approximate surface area is 76.6 Å². The van der Waals surface area contributed by atoms with Crippen molar-refractivity contribution in [2.24, 2.45) is 10.4 Å². The second-order valence-corrected chi connectivity index (χ2v) is 4.28. The number of rotatable bonds is 2. The molecule has 0 aliphatic rings. The first kappa shape index (κ1) is 11.4. The molecule has 0 aromatic carbocycles. The molecule has 0 saturated carbocycles. The SMILES string of the molecule is CCC(C)=N/C=C(\C)C(C)(C)C. The summed E-state index contributed by atoms with van der Waals surface area (Å²) in [4.78, 5) is 4.36. The first-order valence-corrected chi connectivity index (χ1v) is 4.58. The van der Waals surface area contributed by atoms with E-state index in [1.807, 2.05) is 6.20 Å². The predicted octanol–water partition coefficient (Wildman–Crippen LogP) is 3.81. The van der Waals surface area contributed by atoms with Crippen LogP contribution in [0.5, 0.6) is 0 Å². The summed E-state index contributed by atoms with van der Waals surface area (Å²) in [6.07, 6.45) is 3.02. The van der Waals surface area contributed by atoms with Crippen molar-refractivity contribution in [2.75, 3.05) is 0 Å². The molecule has 0 spiro atoms. The zero-order valence-electron chi connectivity index (χ0n) is 9.23. The van der Waals surface area contributed by atoms with Crippen LogP contribution in [0.4, 0.5) is 0 Å². The Morgan fingerprint density at radius 2 is 1.75 bits per heavy atom. The largest absolute Gasteiger partial charge is 0.266 e. The highest BCUT2D eigenvalue weighted by Crippen LogP contribution is 2.24. The molecular weight excluding hydrogens is 146 g/mol. The van der Waals surface area contributed by atoms with Gasteiger partial charge >= 0.3 is 0 Å². The Kier molecular flexibility index (Phi) is 4.22. The average Bonchev–Trinajstić information content (AvgIpc) is 1.97. The van der Waals surface area contributed by atoms with Gasteiger partial charge in [-0.2, -0.15) is 0 Å². The van der Waals surface area contributed by atoms with Crippen LogP contribution in [0.1, 0.15) is 48.0 Å². The molecule has 0 aromatic rings. The molecule has 0 aliphatic heterocycles. The van der Waals surface area contributed by atoms with Crippen LogP contribution in [0, 0.1) is 5.41 Å². The lowest BCUT2D eigenvalue weighted by Gasteiger charge is -2.18. The van der Waals surface area contributed by atoms with E-state index >= 15 is 0 Å². The molecule has 0 aromatic heterocycles. The standard InChI is InChI=1S/C11H21N/c1-7-10(3)12-8-9(2)11(4,5)6/h8H,7H2,1-6H3/b9-8+,12-10?. The van der Waals surface area contributed by atoms with E-state index in [4.69, 9.17) is 0 Å². The molecule has 0 saturated heterocycles. The lowest BCUT2D eigenvalue weighted by Crippen LogP contribution is -2.06. The van der Waals surface area contributed by atoms with E-state index in [-0.39, 0.29) is 5.41 Å². The van der Waals surface area contributed by atoms with Crippen molar-refractivity contribution >= 4 is 5.71 Å². The molecule has 0 aliphatic carbocycles. The number of allylic oxidation sites excluding steroid dienone is 1. The zero-order chi connectivity index (χ0) is 9.78. The second-order valence-electron chi connectivity index (χ2n) is 4.28. The highest BCUT2D eigenvalue weighted by Gasteiger charge is 2.11. The Hall–Kier alpha value is -0.590. The number of hydrogen-bond acceptors (Lipinski definition) is 1. The van der Waals surface area contributed by atoms with Crippen LogP contribution in [-0.4, -0.2) is 5.71 Å². The summed E-state index contributed by atoms with van der Waals surface area (Å²) in [6, 6.07) is 0. The number of aliphatic imine (C=N–C) groups is 1. The van der Waals surface area contributed by atoms with Crippen LogP contribution in [0.3, 0.4) is 0 Å². The summed E-state index contributed by atoms with van der Waals surface area (Å²) in [7, 11) is 0. The Bertz CT molecular complexity index is 192. The van der Waals surface area contributed by atoms with Crippen LogP contribution < -0.4 is 0 Å². The fourth-order valence-electron chi connectivity index (χ4n) is 0.492. The summed E-state index contributed by atoms with van der Waals surface area (Å²) < 4.78 is 0. The molecule has 0 radical (unpaired) electrons. The van der Waals surface area contributed by atoms with Crippen molar-refractivity contribution in [1.82, 2.24) is 0 Å². The van der Waals surface area contributed by atoms with Crippen molar-refractivity contribution < 1.29 is 0 Å². The molecule has 0 N–H and O–H groups in total. The van der Waals surface area contributed by atoms with Gasteiger partial charge in [0.2, 0.25) is 0 Å². The molecule has 0 amide bonds. The predicted molar refractivity (Wildman–Crippen MR) is 56.6 cm³/mol. The highest BCUT2D eigenvalue weighted by atomic mass is 14.7. The maximum Gasteiger partial charge on any atom is 0.0261 e. The Morgan fingerprint density at radius 3 is 2.08 bits per heavy atom. The van der Waals surface area contributed by atoms with Crippen LogP contribution in [0.2, 0.25) is 0 Å². The minimum Gasteiger partial charge on any atom is -0.266 e. The van der Waals surface area contributed by atoms with Gasteiger partial charge in [-0.25, -0.2) is 0 Å². The minimum atomic E-state index is 0.248. The van der Waals surface area contributed by atoms with E-state index in [1.54, 1.807) is 0 Å². The van der Waals surface area contributed by atoms with E-state index in [0.717, 1.165) is 6.42 Å². The van der Waals surface area contributed by atoms with Gasteiger partial charge in [0.05, 0.1) is 0 Å². The molecule has 70 valence electrons. The van der Waals surface area contributed by atoms with Crippen LogP contribution in [-0.2, 0) is 0 Å².